The molecular formula is C19H14ClF2N3O6. The first-order valence-electron chi connectivity index (χ1n) is 8.30. The van der Waals surface area contributed by atoms with Crippen LogP contribution in [0.5, 0.6) is 11.5 Å². The lowest BCUT2D eigenvalue weighted by Gasteiger charge is -2.18. The Morgan fingerprint density at radius 3 is 2.58 bits per heavy atom. The number of aliphatic hydroxyl groups is 1. The van der Waals surface area contributed by atoms with Gasteiger partial charge >= 0.3 is 5.69 Å². The van der Waals surface area contributed by atoms with Crippen molar-refractivity contribution in [1.82, 2.24) is 4.90 Å². The van der Waals surface area contributed by atoms with E-state index in [1.165, 1.54) is 25.2 Å². The van der Waals surface area contributed by atoms with Crippen LogP contribution in [0.25, 0.3) is 5.76 Å². The highest BCUT2D eigenvalue weighted by Gasteiger charge is 2.32. The number of rotatable bonds is 6. The molecule has 0 aromatic heterocycles. The van der Waals surface area contributed by atoms with Crippen LogP contribution in [0, 0.1) is 33.1 Å². The molecule has 0 aliphatic carbocycles. The zero-order valence-electron chi connectivity index (χ0n) is 16.0. The molecule has 2 rings (SSSR count). The predicted octanol–water partition coefficient (Wildman–Crippen LogP) is 3.69. The number of nitro benzene ring substituents is 1. The minimum atomic E-state index is -1.69. The van der Waals surface area contributed by atoms with Gasteiger partial charge in [-0.05, 0) is 24.3 Å². The van der Waals surface area contributed by atoms with Gasteiger partial charge in [-0.3, -0.25) is 14.9 Å². The number of halogens is 3. The van der Waals surface area contributed by atoms with Gasteiger partial charge in [-0.15, -0.1) is 0 Å². The van der Waals surface area contributed by atoms with E-state index >= 15 is 0 Å². The van der Waals surface area contributed by atoms with E-state index in [9.17, 15) is 39.2 Å². The Balaban J connectivity index is 2.55. The Hall–Kier alpha value is -3.91. The molecule has 0 saturated heterocycles. The summed E-state index contributed by atoms with van der Waals surface area (Å²) in [6.45, 7) is -0.356. The Kier molecular flexibility index (Phi) is 6.99. The van der Waals surface area contributed by atoms with Crippen molar-refractivity contribution in [2.24, 2.45) is 0 Å². The monoisotopic (exact) mass is 453 g/mol. The van der Waals surface area contributed by atoms with Gasteiger partial charge in [0.2, 0.25) is 11.6 Å². The molecule has 31 heavy (non-hydrogen) atoms. The molecule has 0 spiro atoms. The summed E-state index contributed by atoms with van der Waals surface area (Å²) in [5, 5.41) is 40.8. The summed E-state index contributed by atoms with van der Waals surface area (Å²) in [7, 11) is 2.20. The van der Waals surface area contributed by atoms with E-state index in [0.717, 1.165) is 18.1 Å². The average Bonchev–Trinajstić information content (AvgIpc) is 2.71. The minimum absolute atomic E-state index is 0.00764. The number of aromatic hydroxyl groups is 1. The molecule has 9 nitrogen and oxygen atoms in total. The molecule has 12 heteroatoms. The summed E-state index contributed by atoms with van der Waals surface area (Å²) < 4.78 is 33.2. The van der Waals surface area contributed by atoms with Gasteiger partial charge in [-0.25, -0.2) is 4.39 Å². The highest BCUT2D eigenvalue weighted by Crippen LogP contribution is 2.41. The van der Waals surface area contributed by atoms with Gasteiger partial charge < -0.3 is 19.8 Å². The molecule has 0 radical (unpaired) electrons. The zero-order chi connectivity index (χ0) is 23.5. The molecule has 162 valence electrons. The predicted molar refractivity (Wildman–Crippen MR) is 104 cm³/mol. The maximum absolute atomic E-state index is 14.6. The zero-order valence-corrected chi connectivity index (χ0v) is 16.8. The molecule has 0 saturated carbocycles. The van der Waals surface area contributed by atoms with E-state index in [2.05, 4.69) is 0 Å². The van der Waals surface area contributed by atoms with Gasteiger partial charge in [0.15, 0.2) is 11.3 Å². The van der Waals surface area contributed by atoms with Crippen LogP contribution in [0.4, 0.5) is 14.5 Å². The number of nitro groups is 1. The second-order valence-corrected chi connectivity index (χ2v) is 6.56. The van der Waals surface area contributed by atoms with Gasteiger partial charge in [-0.1, -0.05) is 11.6 Å². The van der Waals surface area contributed by atoms with Crippen molar-refractivity contribution in [1.29, 1.82) is 5.26 Å². The van der Waals surface area contributed by atoms with Gasteiger partial charge in [0.25, 0.3) is 5.91 Å². The summed E-state index contributed by atoms with van der Waals surface area (Å²) in [5.41, 5.74) is -3.31. The van der Waals surface area contributed by atoms with E-state index in [0.29, 0.717) is 6.07 Å². The number of phenolic OH excluding ortho intramolecular Hbond substituents is 1. The van der Waals surface area contributed by atoms with Crippen LogP contribution in [-0.4, -0.2) is 40.1 Å². The Morgan fingerprint density at radius 2 is 2.03 bits per heavy atom. The Morgan fingerprint density at radius 1 is 1.39 bits per heavy atom. The number of nitrogens with zero attached hydrogens (tertiary/aromatic N) is 3. The molecule has 0 unspecified atom stereocenters. The fourth-order valence-corrected chi connectivity index (χ4v) is 2.82. The lowest BCUT2D eigenvalue weighted by atomic mass is 10.0. The molecule has 0 aliphatic heterocycles. The Labute approximate surface area is 179 Å². The van der Waals surface area contributed by atoms with Gasteiger partial charge in [-0.2, -0.15) is 9.65 Å². The second kappa shape index (κ2) is 9.27. The minimum Gasteiger partial charge on any atom is -0.506 e. The van der Waals surface area contributed by atoms with Gasteiger partial charge in [0.05, 0.1) is 17.6 Å². The first-order chi connectivity index (χ1) is 14.5. The number of carbonyl (C=O) groups is 1. The maximum atomic E-state index is 14.6. The summed E-state index contributed by atoms with van der Waals surface area (Å²) in [6, 6.07) is 5.71. The van der Waals surface area contributed by atoms with Crippen LogP contribution in [0.3, 0.4) is 0 Å². The lowest BCUT2D eigenvalue weighted by Crippen LogP contribution is -2.28. The smallest absolute Gasteiger partial charge is 0.350 e. The van der Waals surface area contributed by atoms with E-state index in [4.69, 9.17) is 16.3 Å². The molecule has 0 bridgehead atoms. The standard InChI is InChI=1S/C19H14ClF2N3O6/c1-24(8-9-5-10(20)3-4-13(9)21)19(28)12(7-23)17(26)11-6-14(31-2)18(27)16(15(11)22)25(29)30/h3-6,26-27H,8H2,1-2H3/b17-12-. The van der Waals surface area contributed by atoms with E-state index in [1.54, 1.807) is 0 Å². The van der Waals surface area contributed by atoms with E-state index in [-0.39, 0.29) is 17.1 Å². The van der Waals surface area contributed by atoms with Crippen LogP contribution < -0.4 is 4.74 Å². The van der Waals surface area contributed by atoms with Crippen molar-refractivity contribution < 1.29 is 33.4 Å². The number of hydrogen-bond donors (Lipinski definition) is 2. The van der Waals surface area contributed by atoms with Crippen molar-refractivity contribution in [2.45, 2.75) is 6.54 Å². The molecule has 0 fully saturated rings. The number of methoxy groups -OCH3 is 1. The number of hydrogen-bond acceptors (Lipinski definition) is 7. The van der Waals surface area contributed by atoms with Crippen molar-refractivity contribution in [3.8, 4) is 17.6 Å². The van der Waals surface area contributed by atoms with Crippen molar-refractivity contribution >= 4 is 29.0 Å². The summed E-state index contributed by atoms with van der Waals surface area (Å²) in [4.78, 5) is 23.3. The third-order valence-electron chi connectivity index (χ3n) is 4.16. The fraction of sp³-hybridized carbons (Fsp3) is 0.158. The van der Waals surface area contributed by atoms with Crippen LogP contribution in [0.1, 0.15) is 11.1 Å². The average molecular weight is 454 g/mol. The van der Waals surface area contributed by atoms with Crippen LogP contribution in [0.15, 0.2) is 29.8 Å². The molecule has 0 aliphatic rings. The number of amides is 1. The number of nitriles is 1. The van der Waals surface area contributed by atoms with Crippen LogP contribution >= 0.6 is 11.6 Å². The third kappa shape index (κ3) is 4.65. The number of phenols is 1. The quantitative estimate of drug-likeness (QED) is 0.224. The highest BCUT2D eigenvalue weighted by atomic mass is 35.5. The number of benzene rings is 2. The summed E-state index contributed by atoms with van der Waals surface area (Å²) >= 11 is 5.80. The molecule has 1 amide bonds. The SMILES string of the molecule is COc1cc(/C(O)=C(\C#N)C(=O)N(C)Cc2cc(Cl)ccc2F)c(F)c([N+](=O)[O-])c1O. The van der Waals surface area contributed by atoms with Crippen LogP contribution in [0.2, 0.25) is 5.02 Å². The lowest BCUT2D eigenvalue weighted by molar-refractivity contribution is -0.388. The molecule has 0 atom stereocenters. The van der Waals surface area contributed by atoms with E-state index < -0.39 is 56.5 Å². The fourth-order valence-electron chi connectivity index (χ4n) is 2.62. The summed E-state index contributed by atoms with van der Waals surface area (Å²) in [5.74, 6) is -6.45. The first-order valence-corrected chi connectivity index (χ1v) is 8.68. The van der Waals surface area contributed by atoms with Crippen molar-refractivity contribution in [3.05, 3.63) is 67.7 Å². The number of carbonyl (C=O) groups excluding carboxylic acids is 1. The van der Waals surface area contributed by atoms with Crippen LogP contribution in [-0.2, 0) is 11.3 Å². The topological polar surface area (TPSA) is 137 Å². The van der Waals surface area contributed by atoms with E-state index in [1.807, 2.05) is 0 Å². The van der Waals surface area contributed by atoms with Gasteiger partial charge in [0.1, 0.15) is 17.6 Å². The number of likely N-dealkylation sites (N-methyl/N-ethyl adjacent to an activating group) is 1. The highest BCUT2D eigenvalue weighted by molar-refractivity contribution is 6.30. The number of aliphatic hydroxyl groups excluding tert-OH is 1. The number of ether oxygens (including phenoxy) is 1. The molecule has 2 aromatic rings. The largest absolute Gasteiger partial charge is 0.506 e. The molecular weight excluding hydrogens is 440 g/mol. The normalized spacial score (nSPS) is 11.4. The van der Waals surface area contributed by atoms with Gasteiger partial charge in [0, 0.05) is 24.2 Å². The molecule has 0 heterocycles. The summed E-state index contributed by atoms with van der Waals surface area (Å²) in [6.07, 6.45) is 0. The molecule has 2 N–H and O–H groups in total. The van der Waals surface area contributed by atoms with Crippen molar-refractivity contribution in [3.63, 3.8) is 0 Å². The maximum Gasteiger partial charge on any atom is 0.350 e. The first kappa shape index (κ1) is 23.4. The Bertz CT molecular complexity index is 1150. The third-order valence-corrected chi connectivity index (χ3v) is 4.39. The molecule has 2 aromatic carbocycles. The van der Waals surface area contributed by atoms with Crippen molar-refractivity contribution in [2.75, 3.05) is 14.2 Å². The second-order valence-electron chi connectivity index (χ2n) is 6.13.